The lowest BCUT2D eigenvalue weighted by atomic mass is 10.1. The van der Waals surface area contributed by atoms with Gasteiger partial charge in [-0.15, -0.1) is 0 Å². The molecule has 0 aliphatic heterocycles. The molecule has 0 bridgehead atoms. The second kappa shape index (κ2) is 5.75. The van der Waals surface area contributed by atoms with Crippen LogP contribution in [0.15, 0.2) is 18.2 Å². The Bertz CT molecular complexity index is 337. The lowest BCUT2D eigenvalue weighted by molar-refractivity contribution is 0.161. The van der Waals surface area contributed by atoms with E-state index in [2.05, 4.69) is 19.2 Å². The third kappa shape index (κ3) is 3.74. The Morgan fingerprint density at radius 1 is 1.38 bits per heavy atom. The SMILES string of the molecule is Cc1c(N)cccc1NCC(O)CC(C)C. The number of benzene rings is 1. The minimum absolute atomic E-state index is 0.305. The topological polar surface area (TPSA) is 58.3 Å². The second-order valence-electron chi connectivity index (χ2n) is 4.68. The van der Waals surface area contributed by atoms with Crippen molar-refractivity contribution in [3.63, 3.8) is 0 Å². The molecule has 3 heteroatoms. The quantitative estimate of drug-likeness (QED) is 0.670. The van der Waals surface area contributed by atoms with Gasteiger partial charge >= 0.3 is 0 Å². The molecule has 1 rings (SSSR count). The molecule has 90 valence electrons. The molecule has 4 N–H and O–H groups in total. The minimum Gasteiger partial charge on any atom is -0.398 e. The summed E-state index contributed by atoms with van der Waals surface area (Å²) in [5, 5.41) is 13.0. The normalized spacial score (nSPS) is 12.8. The van der Waals surface area contributed by atoms with Crippen LogP contribution in [0.2, 0.25) is 0 Å². The van der Waals surface area contributed by atoms with Gasteiger partial charge < -0.3 is 16.2 Å². The summed E-state index contributed by atoms with van der Waals surface area (Å²) in [6, 6.07) is 5.78. The van der Waals surface area contributed by atoms with E-state index in [0.29, 0.717) is 12.5 Å². The molecular weight excluding hydrogens is 200 g/mol. The van der Waals surface area contributed by atoms with Crippen LogP contribution in [0.25, 0.3) is 0 Å². The third-order valence-corrected chi connectivity index (χ3v) is 2.65. The molecule has 0 radical (unpaired) electrons. The summed E-state index contributed by atoms with van der Waals surface area (Å²) in [6.07, 6.45) is 0.509. The second-order valence-corrected chi connectivity index (χ2v) is 4.68. The fraction of sp³-hybridized carbons (Fsp3) is 0.538. The van der Waals surface area contributed by atoms with Crippen LogP contribution >= 0.6 is 0 Å². The van der Waals surface area contributed by atoms with E-state index in [9.17, 15) is 5.11 Å². The number of nitrogen functional groups attached to an aromatic ring is 1. The van der Waals surface area contributed by atoms with Crippen LogP contribution in [0.1, 0.15) is 25.8 Å². The maximum absolute atomic E-state index is 9.75. The van der Waals surface area contributed by atoms with Crippen molar-refractivity contribution in [2.45, 2.75) is 33.3 Å². The van der Waals surface area contributed by atoms with E-state index in [4.69, 9.17) is 5.73 Å². The van der Waals surface area contributed by atoms with Crippen molar-refractivity contribution < 1.29 is 5.11 Å². The number of anilines is 2. The molecule has 1 unspecified atom stereocenters. The van der Waals surface area contributed by atoms with Crippen LogP contribution in [0, 0.1) is 12.8 Å². The predicted molar refractivity (Wildman–Crippen MR) is 69.5 cm³/mol. The van der Waals surface area contributed by atoms with Gasteiger partial charge in [-0.05, 0) is 37.0 Å². The molecule has 1 aromatic rings. The Labute approximate surface area is 97.7 Å². The number of aliphatic hydroxyl groups is 1. The van der Waals surface area contributed by atoms with Crippen molar-refractivity contribution in [2.24, 2.45) is 5.92 Å². The first kappa shape index (κ1) is 12.8. The molecule has 3 nitrogen and oxygen atoms in total. The van der Waals surface area contributed by atoms with E-state index in [1.54, 1.807) is 0 Å². The number of aliphatic hydroxyl groups excluding tert-OH is 1. The Hall–Kier alpha value is -1.22. The van der Waals surface area contributed by atoms with Gasteiger partial charge in [0.05, 0.1) is 6.10 Å². The number of rotatable bonds is 5. The Kier molecular flexibility index (Phi) is 4.62. The maximum atomic E-state index is 9.75. The smallest absolute Gasteiger partial charge is 0.0715 e. The average molecular weight is 222 g/mol. The number of nitrogens with two attached hydrogens (primary N) is 1. The summed E-state index contributed by atoms with van der Waals surface area (Å²) in [4.78, 5) is 0. The van der Waals surface area contributed by atoms with E-state index in [1.165, 1.54) is 0 Å². The molecule has 0 aliphatic carbocycles. The summed E-state index contributed by atoms with van der Waals surface area (Å²) >= 11 is 0. The van der Waals surface area contributed by atoms with Crippen LogP contribution in [0.3, 0.4) is 0 Å². The van der Waals surface area contributed by atoms with Crippen molar-refractivity contribution >= 4 is 11.4 Å². The molecule has 0 spiro atoms. The minimum atomic E-state index is -0.305. The number of hydrogen-bond donors (Lipinski definition) is 3. The van der Waals surface area contributed by atoms with Crippen molar-refractivity contribution in [3.8, 4) is 0 Å². The first-order valence-electron chi connectivity index (χ1n) is 5.77. The van der Waals surface area contributed by atoms with E-state index < -0.39 is 0 Å². The molecule has 0 saturated heterocycles. The van der Waals surface area contributed by atoms with Gasteiger partial charge in [0.25, 0.3) is 0 Å². The number of nitrogens with one attached hydrogen (secondary N) is 1. The highest BCUT2D eigenvalue weighted by molar-refractivity contribution is 5.62. The lowest BCUT2D eigenvalue weighted by Gasteiger charge is -2.16. The Morgan fingerprint density at radius 2 is 2.06 bits per heavy atom. The molecule has 0 saturated carbocycles. The van der Waals surface area contributed by atoms with Crippen molar-refractivity contribution in [2.75, 3.05) is 17.6 Å². The molecule has 16 heavy (non-hydrogen) atoms. The largest absolute Gasteiger partial charge is 0.398 e. The van der Waals surface area contributed by atoms with Crippen molar-refractivity contribution in [1.29, 1.82) is 0 Å². The standard InChI is InChI=1S/C13H22N2O/c1-9(2)7-11(16)8-15-13-6-4-5-12(14)10(13)3/h4-6,9,11,15-16H,7-8,14H2,1-3H3. The van der Waals surface area contributed by atoms with Gasteiger partial charge in [0.1, 0.15) is 0 Å². The van der Waals surface area contributed by atoms with E-state index in [0.717, 1.165) is 23.4 Å². The van der Waals surface area contributed by atoms with Gasteiger partial charge in [-0.25, -0.2) is 0 Å². The molecule has 0 aromatic heterocycles. The van der Waals surface area contributed by atoms with E-state index >= 15 is 0 Å². The predicted octanol–water partition coefficient (Wildman–Crippen LogP) is 2.40. The molecular formula is C13H22N2O. The highest BCUT2D eigenvalue weighted by Crippen LogP contribution is 2.20. The molecule has 1 aromatic carbocycles. The van der Waals surface area contributed by atoms with E-state index in [-0.39, 0.29) is 6.10 Å². The number of hydrogen-bond acceptors (Lipinski definition) is 3. The summed E-state index contributed by atoms with van der Waals surface area (Å²) in [7, 11) is 0. The zero-order valence-corrected chi connectivity index (χ0v) is 10.3. The molecule has 0 aliphatic rings. The zero-order chi connectivity index (χ0) is 12.1. The average Bonchev–Trinajstić information content (AvgIpc) is 2.19. The highest BCUT2D eigenvalue weighted by Gasteiger charge is 2.07. The summed E-state index contributed by atoms with van der Waals surface area (Å²) in [5.74, 6) is 0.513. The van der Waals surface area contributed by atoms with Gasteiger partial charge in [0.15, 0.2) is 0 Å². The van der Waals surface area contributed by atoms with Gasteiger partial charge in [-0.3, -0.25) is 0 Å². The van der Waals surface area contributed by atoms with Crippen molar-refractivity contribution in [3.05, 3.63) is 23.8 Å². The van der Waals surface area contributed by atoms with Crippen molar-refractivity contribution in [1.82, 2.24) is 0 Å². The third-order valence-electron chi connectivity index (χ3n) is 2.65. The fourth-order valence-electron chi connectivity index (χ4n) is 1.70. The molecule has 1 atom stereocenters. The molecule has 0 fully saturated rings. The van der Waals surface area contributed by atoms with Crippen LogP contribution in [-0.4, -0.2) is 17.8 Å². The van der Waals surface area contributed by atoms with Gasteiger partial charge in [-0.2, -0.15) is 0 Å². The summed E-state index contributed by atoms with van der Waals surface area (Å²) < 4.78 is 0. The van der Waals surface area contributed by atoms with Crippen LogP contribution in [-0.2, 0) is 0 Å². The van der Waals surface area contributed by atoms with Gasteiger partial charge in [-0.1, -0.05) is 19.9 Å². The monoisotopic (exact) mass is 222 g/mol. The van der Waals surface area contributed by atoms with Gasteiger partial charge in [0.2, 0.25) is 0 Å². The van der Waals surface area contributed by atoms with Crippen LogP contribution in [0.4, 0.5) is 11.4 Å². The van der Waals surface area contributed by atoms with Crippen LogP contribution in [0.5, 0.6) is 0 Å². The summed E-state index contributed by atoms with van der Waals surface area (Å²) in [5.41, 5.74) is 8.63. The Morgan fingerprint density at radius 3 is 2.69 bits per heavy atom. The maximum Gasteiger partial charge on any atom is 0.0715 e. The zero-order valence-electron chi connectivity index (χ0n) is 10.3. The lowest BCUT2D eigenvalue weighted by Crippen LogP contribution is -2.21. The molecule has 0 heterocycles. The molecule has 0 amide bonds. The van der Waals surface area contributed by atoms with E-state index in [1.807, 2.05) is 25.1 Å². The Balaban J connectivity index is 2.51. The fourth-order valence-corrected chi connectivity index (χ4v) is 1.70. The summed E-state index contributed by atoms with van der Waals surface area (Å²) in [6.45, 7) is 6.76. The van der Waals surface area contributed by atoms with Gasteiger partial charge in [0, 0.05) is 17.9 Å². The highest BCUT2D eigenvalue weighted by atomic mass is 16.3. The first-order chi connectivity index (χ1) is 7.50. The first-order valence-corrected chi connectivity index (χ1v) is 5.77. The van der Waals surface area contributed by atoms with Crippen LogP contribution < -0.4 is 11.1 Å².